The molecule has 1 heterocycles. The maximum atomic E-state index is 10.4. The molecule has 2 aromatic rings. The Morgan fingerprint density at radius 3 is 2.59 bits per heavy atom. The summed E-state index contributed by atoms with van der Waals surface area (Å²) in [7, 11) is 0. The smallest absolute Gasteiger partial charge is 0.166 e. The van der Waals surface area contributed by atoms with Gasteiger partial charge in [0.1, 0.15) is 12.4 Å². The predicted octanol–water partition coefficient (Wildman–Crippen LogP) is 2.59. The highest BCUT2D eigenvalue weighted by atomic mass is 16.5. The van der Waals surface area contributed by atoms with E-state index in [1.807, 2.05) is 36.4 Å². The molecular weight excluding hydrogens is 366 g/mol. The third-order valence-corrected chi connectivity index (χ3v) is 5.48. The molecule has 0 radical (unpaired) electrons. The summed E-state index contributed by atoms with van der Waals surface area (Å²) in [5.41, 5.74) is 1.07. The van der Waals surface area contributed by atoms with E-state index < -0.39 is 6.10 Å². The highest BCUT2D eigenvalue weighted by Crippen LogP contribution is 2.35. The maximum absolute atomic E-state index is 10.4. The predicted molar refractivity (Wildman–Crippen MR) is 112 cm³/mol. The van der Waals surface area contributed by atoms with E-state index in [0.717, 1.165) is 18.0 Å². The Labute approximate surface area is 173 Å². The SMILES string of the molecule is CC(C)(C)CN[C@@H]1C[C@@H](O)[C@H](CO)[C@H]1Cc1ccnc(COc2ccccc2)n1. The summed E-state index contributed by atoms with van der Waals surface area (Å²) < 4.78 is 5.76. The van der Waals surface area contributed by atoms with Gasteiger partial charge in [-0.15, -0.1) is 0 Å². The molecule has 1 aliphatic rings. The van der Waals surface area contributed by atoms with Gasteiger partial charge in [0.15, 0.2) is 5.82 Å². The van der Waals surface area contributed by atoms with Crippen LogP contribution >= 0.6 is 0 Å². The van der Waals surface area contributed by atoms with Crippen LogP contribution in [0.15, 0.2) is 42.6 Å². The van der Waals surface area contributed by atoms with Crippen LogP contribution in [0.3, 0.4) is 0 Å². The number of ether oxygens (including phenoxy) is 1. The number of benzene rings is 1. The fraction of sp³-hybridized carbons (Fsp3) is 0.565. The van der Waals surface area contributed by atoms with Gasteiger partial charge in [0.2, 0.25) is 0 Å². The summed E-state index contributed by atoms with van der Waals surface area (Å²) in [5, 5.41) is 23.9. The number of nitrogens with one attached hydrogen (secondary N) is 1. The molecule has 1 saturated carbocycles. The van der Waals surface area contributed by atoms with E-state index in [9.17, 15) is 10.2 Å². The zero-order chi connectivity index (χ0) is 20.9. The van der Waals surface area contributed by atoms with E-state index in [0.29, 0.717) is 25.3 Å². The van der Waals surface area contributed by atoms with E-state index in [4.69, 9.17) is 4.74 Å². The molecule has 29 heavy (non-hydrogen) atoms. The van der Waals surface area contributed by atoms with Gasteiger partial charge in [-0.1, -0.05) is 39.0 Å². The molecule has 4 atom stereocenters. The van der Waals surface area contributed by atoms with Crippen LogP contribution < -0.4 is 10.1 Å². The van der Waals surface area contributed by atoms with Crippen LogP contribution in [0.25, 0.3) is 0 Å². The van der Waals surface area contributed by atoms with Gasteiger partial charge in [-0.3, -0.25) is 0 Å². The van der Waals surface area contributed by atoms with Gasteiger partial charge < -0.3 is 20.3 Å². The quantitative estimate of drug-likeness (QED) is 0.632. The van der Waals surface area contributed by atoms with Gasteiger partial charge in [-0.2, -0.15) is 0 Å². The van der Waals surface area contributed by atoms with Crippen molar-refractivity contribution in [3.63, 3.8) is 0 Å². The van der Waals surface area contributed by atoms with Crippen molar-refractivity contribution >= 4 is 0 Å². The average molecular weight is 400 g/mol. The van der Waals surface area contributed by atoms with Crippen LogP contribution in [0.1, 0.15) is 38.7 Å². The van der Waals surface area contributed by atoms with Crippen molar-refractivity contribution in [3.8, 4) is 5.75 Å². The zero-order valence-electron chi connectivity index (χ0n) is 17.6. The van der Waals surface area contributed by atoms with Gasteiger partial charge in [-0.25, -0.2) is 9.97 Å². The molecular formula is C23H33N3O3. The Bertz CT molecular complexity index is 763. The molecule has 158 valence electrons. The molecule has 0 unspecified atom stereocenters. The molecule has 0 amide bonds. The molecule has 1 fully saturated rings. The second-order valence-electron chi connectivity index (χ2n) is 9.13. The molecule has 0 spiro atoms. The number of hydrogen-bond acceptors (Lipinski definition) is 6. The van der Waals surface area contributed by atoms with Crippen LogP contribution in [-0.2, 0) is 13.0 Å². The standard InChI is InChI=1S/C23H33N3O3/c1-23(2,3)15-25-20-12-21(28)19(13-27)18(20)11-16-9-10-24-22(26-16)14-29-17-7-5-4-6-8-17/h4-10,18-21,25,27-28H,11-15H2,1-3H3/t18-,19-,20-,21-/m1/s1. The van der Waals surface area contributed by atoms with Crippen molar-refractivity contribution in [3.05, 3.63) is 54.1 Å². The third-order valence-electron chi connectivity index (χ3n) is 5.48. The van der Waals surface area contributed by atoms with Gasteiger partial charge in [0, 0.05) is 37.0 Å². The first-order valence-electron chi connectivity index (χ1n) is 10.4. The number of aliphatic hydroxyl groups is 2. The molecule has 0 bridgehead atoms. The molecule has 3 N–H and O–H groups in total. The third kappa shape index (κ3) is 6.23. The van der Waals surface area contributed by atoms with E-state index in [2.05, 4.69) is 36.1 Å². The van der Waals surface area contributed by atoms with Crippen LogP contribution in [0.2, 0.25) is 0 Å². The molecule has 0 aliphatic heterocycles. The van der Waals surface area contributed by atoms with Crippen molar-refractivity contribution in [2.45, 2.75) is 52.4 Å². The number of para-hydroxylation sites is 1. The number of aromatic nitrogens is 2. The molecule has 6 nitrogen and oxygen atoms in total. The summed E-state index contributed by atoms with van der Waals surface area (Å²) in [6.45, 7) is 7.71. The van der Waals surface area contributed by atoms with E-state index >= 15 is 0 Å². The first kappa shape index (κ1) is 21.7. The number of hydrogen-bond donors (Lipinski definition) is 3. The van der Waals surface area contributed by atoms with Gasteiger partial charge in [-0.05, 0) is 42.4 Å². The van der Waals surface area contributed by atoms with Crippen molar-refractivity contribution < 1.29 is 14.9 Å². The number of aliphatic hydroxyl groups excluding tert-OH is 2. The Kier molecular flexibility index (Phi) is 7.22. The molecule has 3 rings (SSSR count). The highest BCUT2D eigenvalue weighted by molar-refractivity contribution is 5.21. The van der Waals surface area contributed by atoms with Crippen LogP contribution in [-0.4, -0.2) is 45.5 Å². The summed E-state index contributed by atoms with van der Waals surface area (Å²) in [5.74, 6) is 1.39. The molecule has 0 saturated heterocycles. The monoisotopic (exact) mass is 399 g/mol. The number of rotatable bonds is 8. The Morgan fingerprint density at radius 1 is 1.14 bits per heavy atom. The molecule has 1 aromatic heterocycles. The first-order valence-corrected chi connectivity index (χ1v) is 10.4. The van der Waals surface area contributed by atoms with Crippen LogP contribution in [0, 0.1) is 17.3 Å². The molecule has 6 heteroatoms. The number of nitrogens with zero attached hydrogens (tertiary/aromatic N) is 2. The zero-order valence-corrected chi connectivity index (χ0v) is 17.6. The minimum absolute atomic E-state index is 0.0193. The fourth-order valence-electron chi connectivity index (χ4n) is 3.95. The average Bonchev–Trinajstić information content (AvgIpc) is 2.99. The lowest BCUT2D eigenvalue weighted by Crippen LogP contribution is -2.40. The topological polar surface area (TPSA) is 87.5 Å². The van der Waals surface area contributed by atoms with Gasteiger partial charge in [0.25, 0.3) is 0 Å². The van der Waals surface area contributed by atoms with Crippen LogP contribution in [0.4, 0.5) is 0 Å². The summed E-state index contributed by atoms with van der Waals surface area (Å²) in [6, 6.07) is 11.7. The van der Waals surface area contributed by atoms with Gasteiger partial charge >= 0.3 is 0 Å². The summed E-state index contributed by atoms with van der Waals surface area (Å²) >= 11 is 0. The lowest BCUT2D eigenvalue weighted by Gasteiger charge is -2.28. The first-order chi connectivity index (χ1) is 13.9. The van der Waals surface area contributed by atoms with Crippen molar-refractivity contribution in [2.75, 3.05) is 13.2 Å². The van der Waals surface area contributed by atoms with Crippen molar-refractivity contribution in [1.82, 2.24) is 15.3 Å². The minimum atomic E-state index is -0.495. The highest BCUT2D eigenvalue weighted by Gasteiger charge is 2.42. The second kappa shape index (κ2) is 9.65. The Hall–Kier alpha value is -2.02. The van der Waals surface area contributed by atoms with E-state index in [1.165, 1.54) is 0 Å². The lowest BCUT2D eigenvalue weighted by molar-refractivity contribution is 0.0715. The Balaban J connectivity index is 1.67. The maximum Gasteiger partial charge on any atom is 0.166 e. The van der Waals surface area contributed by atoms with Gasteiger partial charge in [0.05, 0.1) is 6.10 Å². The van der Waals surface area contributed by atoms with E-state index in [-0.39, 0.29) is 29.9 Å². The second-order valence-corrected chi connectivity index (χ2v) is 9.13. The van der Waals surface area contributed by atoms with E-state index in [1.54, 1.807) is 6.20 Å². The Morgan fingerprint density at radius 2 is 1.90 bits per heavy atom. The minimum Gasteiger partial charge on any atom is -0.486 e. The fourth-order valence-corrected chi connectivity index (χ4v) is 3.95. The van der Waals surface area contributed by atoms with Crippen molar-refractivity contribution in [2.24, 2.45) is 17.3 Å². The summed E-state index contributed by atoms with van der Waals surface area (Å²) in [6.07, 6.45) is 2.60. The normalized spacial score (nSPS) is 24.6. The molecule has 1 aliphatic carbocycles. The lowest BCUT2D eigenvalue weighted by atomic mass is 9.88. The summed E-state index contributed by atoms with van der Waals surface area (Å²) in [4.78, 5) is 8.98. The van der Waals surface area contributed by atoms with Crippen LogP contribution in [0.5, 0.6) is 5.75 Å². The van der Waals surface area contributed by atoms with Crippen molar-refractivity contribution in [1.29, 1.82) is 0 Å². The molecule has 1 aromatic carbocycles. The largest absolute Gasteiger partial charge is 0.486 e.